The minimum absolute atomic E-state index is 0.0318. The molecule has 86 valence electrons. The van der Waals surface area contributed by atoms with Gasteiger partial charge in [0.1, 0.15) is 6.04 Å². The van der Waals surface area contributed by atoms with Crippen LogP contribution in [0.3, 0.4) is 0 Å². The molecule has 1 saturated heterocycles. The smallest absolute Gasteiger partial charge is 0.320 e. The van der Waals surface area contributed by atoms with E-state index < -0.39 is 12.0 Å². The molecule has 0 bridgehead atoms. The summed E-state index contributed by atoms with van der Waals surface area (Å²) < 4.78 is 5.84. The fraction of sp³-hybridized carbons (Fsp3) is 0.909. The largest absolute Gasteiger partial charge is 0.480 e. The first-order chi connectivity index (χ1) is 7.13. The minimum Gasteiger partial charge on any atom is -0.480 e. The van der Waals surface area contributed by atoms with Gasteiger partial charge in [0, 0.05) is 6.61 Å². The van der Waals surface area contributed by atoms with Crippen molar-refractivity contribution in [2.24, 2.45) is 11.7 Å². The van der Waals surface area contributed by atoms with E-state index in [1.807, 2.05) is 0 Å². The van der Waals surface area contributed by atoms with Crippen molar-refractivity contribution in [3.63, 3.8) is 0 Å². The van der Waals surface area contributed by atoms with Crippen LogP contribution < -0.4 is 5.73 Å². The number of nitrogens with two attached hydrogens (primary N) is 1. The second kappa shape index (κ2) is 4.10. The van der Waals surface area contributed by atoms with E-state index in [2.05, 4.69) is 0 Å². The van der Waals surface area contributed by atoms with Gasteiger partial charge in [-0.3, -0.25) is 4.79 Å². The number of hydrogen-bond donors (Lipinski definition) is 2. The Morgan fingerprint density at radius 2 is 2.13 bits per heavy atom. The second-order valence-corrected chi connectivity index (χ2v) is 4.86. The summed E-state index contributed by atoms with van der Waals surface area (Å²) in [6, 6.07) is -0.716. The van der Waals surface area contributed by atoms with Gasteiger partial charge in [-0.25, -0.2) is 0 Å². The predicted molar refractivity (Wildman–Crippen MR) is 55.5 cm³/mol. The van der Waals surface area contributed by atoms with Crippen molar-refractivity contribution in [3.8, 4) is 0 Å². The molecule has 2 fully saturated rings. The third-order valence-electron chi connectivity index (χ3n) is 3.84. The molecule has 2 aliphatic rings. The third-order valence-corrected chi connectivity index (χ3v) is 3.84. The molecular formula is C11H19NO3. The van der Waals surface area contributed by atoms with E-state index in [4.69, 9.17) is 15.6 Å². The second-order valence-electron chi connectivity index (χ2n) is 4.86. The van der Waals surface area contributed by atoms with E-state index in [0.29, 0.717) is 6.61 Å². The van der Waals surface area contributed by atoms with Crippen LogP contribution in [0.5, 0.6) is 0 Å². The van der Waals surface area contributed by atoms with Crippen LogP contribution in [0.2, 0.25) is 0 Å². The Balaban J connectivity index is 2.00. The van der Waals surface area contributed by atoms with Crippen LogP contribution in [0.1, 0.15) is 38.5 Å². The molecule has 0 aromatic heterocycles. The molecule has 1 spiro atoms. The molecule has 1 unspecified atom stereocenters. The monoisotopic (exact) mass is 213 g/mol. The summed E-state index contributed by atoms with van der Waals surface area (Å²) in [7, 11) is 0. The van der Waals surface area contributed by atoms with Gasteiger partial charge in [0.2, 0.25) is 0 Å². The molecule has 0 aromatic rings. The molecule has 0 radical (unpaired) electrons. The van der Waals surface area contributed by atoms with Crippen LogP contribution in [0, 0.1) is 5.92 Å². The zero-order chi connectivity index (χ0) is 10.9. The average Bonchev–Trinajstić information content (AvgIpc) is 2.65. The molecule has 0 aromatic carbocycles. The molecular weight excluding hydrogens is 194 g/mol. The van der Waals surface area contributed by atoms with Gasteiger partial charge in [0.15, 0.2) is 0 Å². The van der Waals surface area contributed by atoms with Crippen molar-refractivity contribution >= 4 is 5.97 Å². The number of carboxylic acid groups (broad SMARTS) is 1. The molecule has 4 heteroatoms. The average molecular weight is 213 g/mol. The molecule has 2 rings (SSSR count). The number of hydrogen-bond acceptors (Lipinski definition) is 3. The number of aliphatic carboxylic acids is 1. The number of carbonyl (C=O) groups is 1. The van der Waals surface area contributed by atoms with Crippen LogP contribution in [0.25, 0.3) is 0 Å². The zero-order valence-electron chi connectivity index (χ0n) is 8.95. The van der Waals surface area contributed by atoms with E-state index in [1.165, 1.54) is 12.8 Å². The van der Waals surface area contributed by atoms with Gasteiger partial charge in [-0.2, -0.15) is 0 Å². The first kappa shape index (κ1) is 10.9. The summed E-state index contributed by atoms with van der Waals surface area (Å²) in [4.78, 5) is 10.8. The highest BCUT2D eigenvalue weighted by molar-refractivity contribution is 5.73. The summed E-state index contributed by atoms with van der Waals surface area (Å²) in [5.74, 6) is -0.788. The lowest BCUT2D eigenvalue weighted by Gasteiger charge is -2.39. The topological polar surface area (TPSA) is 72.6 Å². The fourth-order valence-electron chi connectivity index (χ4n) is 2.94. The fourth-order valence-corrected chi connectivity index (χ4v) is 2.94. The van der Waals surface area contributed by atoms with Crippen LogP contribution >= 0.6 is 0 Å². The Hall–Kier alpha value is -0.610. The highest BCUT2D eigenvalue weighted by Crippen LogP contribution is 2.42. The Morgan fingerprint density at radius 3 is 2.73 bits per heavy atom. The number of ether oxygens (including phenoxy) is 1. The Morgan fingerprint density at radius 1 is 1.47 bits per heavy atom. The normalized spacial score (nSPS) is 31.7. The maximum atomic E-state index is 10.8. The van der Waals surface area contributed by atoms with Crippen molar-refractivity contribution in [1.82, 2.24) is 0 Å². The van der Waals surface area contributed by atoms with E-state index >= 15 is 0 Å². The Bertz CT molecular complexity index is 248. The SMILES string of the molecule is N[C@H](C(=O)O)C1CCOC2(CCCC2)C1. The van der Waals surface area contributed by atoms with E-state index in [9.17, 15) is 4.79 Å². The predicted octanol–water partition coefficient (Wildman–Crippen LogP) is 1.14. The molecule has 0 amide bonds. The van der Waals surface area contributed by atoms with Crippen molar-refractivity contribution < 1.29 is 14.6 Å². The molecule has 1 heterocycles. The van der Waals surface area contributed by atoms with Crippen LogP contribution in [0.4, 0.5) is 0 Å². The van der Waals surface area contributed by atoms with Crippen LogP contribution in [0.15, 0.2) is 0 Å². The first-order valence-electron chi connectivity index (χ1n) is 5.75. The summed E-state index contributed by atoms with van der Waals surface area (Å²) in [6.45, 7) is 0.672. The molecule has 2 atom stereocenters. The lowest BCUT2D eigenvalue weighted by atomic mass is 9.81. The van der Waals surface area contributed by atoms with Gasteiger partial charge in [-0.15, -0.1) is 0 Å². The summed E-state index contributed by atoms with van der Waals surface area (Å²) >= 11 is 0. The van der Waals surface area contributed by atoms with Crippen molar-refractivity contribution in [2.45, 2.75) is 50.2 Å². The molecule has 1 aliphatic heterocycles. The van der Waals surface area contributed by atoms with Crippen molar-refractivity contribution in [1.29, 1.82) is 0 Å². The van der Waals surface area contributed by atoms with Gasteiger partial charge in [-0.05, 0) is 31.6 Å². The molecule has 3 N–H and O–H groups in total. The lowest BCUT2D eigenvalue weighted by Crippen LogP contribution is -2.46. The van der Waals surface area contributed by atoms with Gasteiger partial charge in [-0.1, -0.05) is 12.8 Å². The highest BCUT2D eigenvalue weighted by Gasteiger charge is 2.42. The Labute approximate surface area is 89.8 Å². The quantitative estimate of drug-likeness (QED) is 0.721. The van der Waals surface area contributed by atoms with E-state index in [-0.39, 0.29) is 11.5 Å². The summed E-state index contributed by atoms with van der Waals surface area (Å²) in [5.41, 5.74) is 5.66. The first-order valence-corrected chi connectivity index (χ1v) is 5.75. The lowest BCUT2D eigenvalue weighted by molar-refractivity contribution is -0.144. The van der Waals surface area contributed by atoms with Crippen LogP contribution in [-0.2, 0) is 9.53 Å². The summed E-state index contributed by atoms with van der Waals surface area (Å²) in [6.07, 6.45) is 6.19. The number of rotatable bonds is 2. The molecule has 1 aliphatic carbocycles. The zero-order valence-corrected chi connectivity index (χ0v) is 8.95. The molecule has 15 heavy (non-hydrogen) atoms. The van der Waals surface area contributed by atoms with Crippen LogP contribution in [-0.4, -0.2) is 29.3 Å². The summed E-state index contributed by atoms with van der Waals surface area (Å²) in [5, 5.41) is 8.90. The highest BCUT2D eigenvalue weighted by atomic mass is 16.5. The number of carboxylic acids is 1. The van der Waals surface area contributed by atoms with Gasteiger partial charge < -0.3 is 15.6 Å². The van der Waals surface area contributed by atoms with Crippen molar-refractivity contribution in [2.75, 3.05) is 6.61 Å². The maximum Gasteiger partial charge on any atom is 0.320 e. The van der Waals surface area contributed by atoms with E-state index in [1.54, 1.807) is 0 Å². The standard InChI is InChI=1S/C11H19NO3/c12-9(10(13)14)8-3-6-15-11(7-8)4-1-2-5-11/h8-9H,1-7,12H2,(H,13,14)/t8?,9-/m0/s1. The molecule has 1 saturated carbocycles. The van der Waals surface area contributed by atoms with Gasteiger partial charge in [0.05, 0.1) is 5.60 Å². The maximum absolute atomic E-state index is 10.8. The molecule has 4 nitrogen and oxygen atoms in total. The minimum atomic E-state index is -0.880. The third kappa shape index (κ3) is 2.16. The van der Waals surface area contributed by atoms with Gasteiger partial charge in [0.25, 0.3) is 0 Å². The van der Waals surface area contributed by atoms with Gasteiger partial charge >= 0.3 is 5.97 Å². The van der Waals surface area contributed by atoms with Crippen molar-refractivity contribution in [3.05, 3.63) is 0 Å². The Kier molecular flexibility index (Phi) is 2.98. The van der Waals surface area contributed by atoms with E-state index in [0.717, 1.165) is 25.7 Å².